The van der Waals surface area contributed by atoms with Crippen LogP contribution in [0, 0.1) is 6.92 Å². The lowest BCUT2D eigenvalue weighted by Crippen LogP contribution is -2.39. The van der Waals surface area contributed by atoms with E-state index in [1.807, 2.05) is 19.2 Å². The van der Waals surface area contributed by atoms with Crippen molar-refractivity contribution in [1.82, 2.24) is 24.4 Å². The third-order valence-corrected chi connectivity index (χ3v) is 7.17. The zero-order valence-electron chi connectivity index (χ0n) is 19.1. The van der Waals surface area contributed by atoms with E-state index in [1.54, 1.807) is 0 Å². The Morgan fingerprint density at radius 2 is 2.03 bits per heavy atom. The summed E-state index contributed by atoms with van der Waals surface area (Å²) in [4.78, 5) is 17.0. The molecule has 7 nitrogen and oxygen atoms in total. The molecule has 2 atom stereocenters. The van der Waals surface area contributed by atoms with E-state index in [1.165, 1.54) is 5.57 Å². The molecule has 1 saturated heterocycles. The molecule has 3 aliphatic rings. The summed E-state index contributed by atoms with van der Waals surface area (Å²) in [7, 11) is 0. The molecular weight excluding hydrogens is 412 g/mol. The number of hydrogen-bond acceptors (Lipinski definition) is 6. The number of rotatable bonds is 6. The van der Waals surface area contributed by atoms with Crippen LogP contribution in [0.2, 0.25) is 0 Å². The number of aromatic nitrogens is 4. The van der Waals surface area contributed by atoms with Crippen molar-refractivity contribution in [3.05, 3.63) is 60.2 Å². The fraction of sp³-hybridized carbons (Fsp3) is 0.423. The highest BCUT2D eigenvalue weighted by atomic mass is 16.5. The van der Waals surface area contributed by atoms with Crippen LogP contribution >= 0.6 is 0 Å². The molecule has 0 spiro atoms. The fourth-order valence-electron chi connectivity index (χ4n) is 5.50. The fourth-order valence-corrected chi connectivity index (χ4v) is 5.50. The third-order valence-electron chi connectivity index (χ3n) is 7.17. The van der Waals surface area contributed by atoms with Crippen molar-refractivity contribution < 1.29 is 4.74 Å². The predicted molar refractivity (Wildman–Crippen MR) is 129 cm³/mol. The number of allylic oxidation sites excluding steroid dienone is 1. The van der Waals surface area contributed by atoms with Gasteiger partial charge in [-0.3, -0.25) is 9.88 Å². The van der Waals surface area contributed by atoms with Crippen LogP contribution in [0.3, 0.4) is 0 Å². The van der Waals surface area contributed by atoms with Gasteiger partial charge < -0.3 is 14.6 Å². The number of aryl methyl sites for hydroxylation is 1. The number of ether oxygens (including phenoxy) is 1. The topological polar surface area (TPSA) is 68.1 Å². The lowest BCUT2D eigenvalue weighted by Gasteiger charge is -2.26. The van der Waals surface area contributed by atoms with E-state index in [0.29, 0.717) is 12.0 Å². The first-order chi connectivity index (χ1) is 16.2. The number of fused-ring (bicyclic) bond motifs is 5. The van der Waals surface area contributed by atoms with E-state index >= 15 is 0 Å². The molecule has 3 aromatic rings. The maximum absolute atomic E-state index is 5.45. The Balaban J connectivity index is 1.34. The van der Waals surface area contributed by atoms with Gasteiger partial charge >= 0.3 is 0 Å². The van der Waals surface area contributed by atoms with E-state index in [-0.39, 0.29) is 0 Å². The van der Waals surface area contributed by atoms with E-state index in [9.17, 15) is 0 Å². The molecule has 1 saturated carbocycles. The molecule has 3 aromatic heterocycles. The first kappa shape index (κ1) is 20.6. The van der Waals surface area contributed by atoms with Gasteiger partial charge in [0.1, 0.15) is 17.3 Å². The molecule has 2 fully saturated rings. The first-order valence-corrected chi connectivity index (χ1v) is 11.9. The van der Waals surface area contributed by atoms with Crippen molar-refractivity contribution in [3.63, 3.8) is 0 Å². The molecule has 1 N–H and O–H groups in total. The molecule has 0 aromatic carbocycles. The molecule has 6 rings (SSSR count). The number of nitrogens with one attached hydrogen (secondary N) is 1. The van der Waals surface area contributed by atoms with E-state index in [0.717, 1.165) is 92.2 Å². The van der Waals surface area contributed by atoms with Crippen LogP contribution in [-0.2, 0) is 4.74 Å². The van der Waals surface area contributed by atoms with Gasteiger partial charge in [-0.05, 0) is 49.6 Å². The van der Waals surface area contributed by atoms with Gasteiger partial charge in [0.25, 0.3) is 0 Å². The lowest BCUT2D eigenvalue weighted by molar-refractivity contribution is 0.0398. The normalized spacial score (nSPS) is 22.0. The predicted octanol–water partition coefficient (Wildman–Crippen LogP) is 4.05. The maximum atomic E-state index is 5.45. The molecule has 0 amide bonds. The van der Waals surface area contributed by atoms with Gasteiger partial charge in [-0.1, -0.05) is 12.6 Å². The molecule has 0 radical (unpaired) electrons. The molecule has 170 valence electrons. The van der Waals surface area contributed by atoms with E-state index in [2.05, 4.69) is 50.6 Å². The number of nitrogens with zero attached hydrogens (tertiary/aromatic N) is 5. The van der Waals surface area contributed by atoms with Crippen LogP contribution < -0.4 is 5.32 Å². The summed E-state index contributed by atoms with van der Waals surface area (Å²) in [5.74, 6) is 2.39. The highest BCUT2D eigenvalue weighted by Gasteiger charge is 2.44. The van der Waals surface area contributed by atoms with Gasteiger partial charge in [-0.25, -0.2) is 9.97 Å². The van der Waals surface area contributed by atoms with Gasteiger partial charge in [0.2, 0.25) is 0 Å². The number of pyridine rings is 2. The average Bonchev–Trinajstić information content (AvgIpc) is 3.48. The summed E-state index contributed by atoms with van der Waals surface area (Å²) in [6.45, 7) is 11.9. The maximum Gasteiger partial charge on any atom is 0.126 e. The van der Waals surface area contributed by atoms with Gasteiger partial charge in [0.15, 0.2) is 0 Å². The zero-order valence-corrected chi connectivity index (χ0v) is 19.1. The van der Waals surface area contributed by atoms with Gasteiger partial charge in [-0.2, -0.15) is 0 Å². The van der Waals surface area contributed by atoms with Crippen molar-refractivity contribution in [2.24, 2.45) is 0 Å². The molecule has 33 heavy (non-hydrogen) atoms. The number of anilines is 1. The second-order valence-electron chi connectivity index (χ2n) is 9.23. The Bertz CT molecular complexity index is 1200. The highest BCUT2D eigenvalue weighted by molar-refractivity contribution is 5.79. The minimum absolute atomic E-state index is 0.331. The lowest BCUT2D eigenvalue weighted by atomic mass is 10.1. The molecule has 7 heteroatoms. The highest BCUT2D eigenvalue weighted by Crippen LogP contribution is 2.55. The molecule has 1 aliphatic carbocycles. The summed E-state index contributed by atoms with van der Waals surface area (Å²) in [6, 6.07) is 10.7. The molecule has 2 bridgehead atoms. The zero-order chi connectivity index (χ0) is 22.4. The third kappa shape index (κ3) is 3.65. The molecular formula is C26H30N6O. The SMILES string of the molecule is C=C1[C@H]2CC[C@@H]1n1c2nc(-c2cccc(C)n2)c1-c1ccnc(NCCN2CCOCC2)c1. The van der Waals surface area contributed by atoms with Crippen molar-refractivity contribution in [1.29, 1.82) is 0 Å². The van der Waals surface area contributed by atoms with Gasteiger partial charge in [-0.15, -0.1) is 0 Å². The Labute approximate surface area is 194 Å². The summed E-state index contributed by atoms with van der Waals surface area (Å²) >= 11 is 0. The van der Waals surface area contributed by atoms with Crippen LogP contribution in [0.4, 0.5) is 5.82 Å². The van der Waals surface area contributed by atoms with Crippen molar-refractivity contribution in [2.75, 3.05) is 44.7 Å². The molecule has 5 heterocycles. The quantitative estimate of drug-likeness (QED) is 0.581. The minimum atomic E-state index is 0.331. The monoisotopic (exact) mass is 442 g/mol. The van der Waals surface area contributed by atoms with Crippen LogP contribution in [-0.4, -0.2) is 63.8 Å². The summed E-state index contributed by atoms with van der Waals surface area (Å²) < 4.78 is 7.87. The average molecular weight is 443 g/mol. The van der Waals surface area contributed by atoms with Crippen molar-refractivity contribution in [2.45, 2.75) is 31.7 Å². The van der Waals surface area contributed by atoms with Crippen LogP contribution in [0.15, 0.2) is 48.7 Å². The van der Waals surface area contributed by atoms with E-state index < -0.39 is 0 Å². The molecule has 2 aliphatic heterocycles. The Morgan fingerprint density at radius 3 is 2.88 bits per heavy atom. The largest absolute Gasteiger partial charge is 0.379 e. The summed E-state index contributed by atoms with van der Waals surface area (Å²) in [5, 5.41) is 3.52. The Morgan fingerprint density at radius 1 is 1.15 bits per heavy atom. The van der Waals surface area contributed by atoms with Crippen LogP contribution in [0.1, 0.15) is 36.3 Å². The van der Waals surface area contributed by atoms with Crippen molar-refractivity contribution in [3.8, 4) is 22.6 Å². The number of imidazole rings is 1. The standard InChI is InChI=1S/C26H30N6O/c1-17-4-3-5-21(29-17)24-25(32-22-7-6-20(18(22)2)26(32)30-24)19-8-9-27-23(16-19)28-10-11-31-12-14-33-15-13-31/h3-5,8-9,16,20,22H,2,6-7,10-15H2,1H3,(H,27,28)/t20-,22+/m1/s1. The van der Waals surface area contributed by atoms with Gasteiger partial charge in [0.05, 0.1) is 30.6 Å². The Hall–Kier alpha value is -3.03. The minimum Gasteiger partial charge on any atom is -0.379 e. The number of morpholine rings is 1. The smallest absolute Gasteiger partial charge is 0.126 e. The summed E-state index contributed by atoms with van der Waals surface area (Å²) in [6.07, 6.45) is 4.17. The first-order valence-electron chi connectivity index (χ1n) is 11.9. The second kappa shape index (κ2) is 8.39. The van der Waals surface area contributed by atoms with Crippen molar-refractivity contribution >= 4 is 5.82 Å². The summed E-state index contributed by atoms with van der Waals surface area (Å²) in [5.41, 5.74) is 6.45. The van der Waals surface area contributed by atoms with E-state index in [4.69, 9.17) is 14.7 Å². The Kier molecular flexibility index (Phi) is 5.23. The van der Waals surface area contributed by atoms with Gasteiger partial charge in [0, 0.05) is 49.6 Å². The van der Waals surface area contributed by atoms with Crippen LogP contribution in [0.5, 0.6) is 0 Å². The molecule has 0 unspecified atom stereocenters. The van der Waals surface area contributed by atoms with Crippen LogP contribution in [0.25, 0.3) is 22.6 Å². The number of hydrogen-bond donors (Lipinski definition) is 1. The second-order valence-corrected chi connectivity index (χ2v) is 9.23.